The lowest BCUT2D eigenvalue weighted by atomic mass is 9.98. The SMILES string of the molecule is N#CCN(C(=O)COC(=O)C1CCN(S(=O)(=O)c2ccc(Cl)cc2)CC1)c1ccccc1. The van der Waals surface area contributed by atoms with Crippen LogP contribution in [-0.4, -0.2) is 50.8 Å². The fourth-order valence-corrected chi connectivity index (χ4v) is 5.01. The molecular weight excluding hydrogens is 454 g/mol. The van der Waals surface area contributed by atoms with Gasteiger partial charge in [0.25, 0.3) is 5.91 Å². The number of anilines is 1. The highest BCUT2D eigenvalue weighted by Crippen LogP contribution is 2.25. The van der Waals surface area contributed by atoms with Gasteiger partial charge in [0.05, 0.1) is 16.9 Å². The maximum absolute atomic E-state index is 12.8. The van der Waals surface area contributed by atoms with Gasteiger partial charge in [-0.25, -0.2) is 8.42 Å². The lowest BCUT2D eigenvalue weighted by molar-refractivity contribution is -0.153. The number of sulfonamides is 1. The summed E-state index contributed by atoms with van der Waals surface area (Å²) in [5.74, 6) is -1.55. The minimum atomic E-state index is -3.67. The molecule has 1 saturated heterocycles. The van der Waals surface area contributed by atoms with Crippen molar-refractivity contribution in [1.29, 1.82) is 5.26 Å². The first kappa shape index (κ1) is 23.7. The van der Waals surface area contributed by atoms with Crippen LogP contribution in [0.1, 0.15) is 12.8 Å². The Balaban J connectivity index is 1.53. The van der Waals surface area contributed by atoms with Gasteiger partial charge in [0.2, 0.25) is 10.0 Å². The van der Waals surface area contributed by atoms with Crippen LogP contribution in [0.3, 0.4) is 0 Å². The molecule has 0 bridgehead atoms. The molecule has 168 valence electrons. The summed E-state index contributed by atoms with van der Waals surface area (Å²) in [6, 6.07) is 16.5. The van der Waals surface area contributed by atoms with Crippen molar-refractivity contribution in [1.82, 2.24) is 4.31 Å². The third-order valence-electron chi connectivity index (χ3n) is 5.17. The van der Waals surface area contributed by atoms with Gasteiger partial charge < -0.3 is 4.74 Å². The highest BCUT2D eigenvalue weighted by Gasteiger charge is 2.33. The van der Waals surface area contributed by atoms with E-state index in [2.05, 4.69) is 0 Å². The molecule has 0 spiro atoms. The molecule has 0 aromatic heterocycles. The third kappa shape index (κ3) is 5.65. The van der Waals surface area contributed by atoms with E-state index in [0.717, 1.165) is 0 Å². The number of nitrogens with zero attached hydrogens (tertiary/aromatic N) is 3. The molecule has 32 heavy (non-hydrogen) atoms. The summed E-state index contributed by atoms with van der Waals surface area (Å²) in [6.45, 7) is -0.313. The lowest BCUT2D eigenvalue weighted by Gasteiger charge is -2.30. The molecule has 8 nitrogen and oxygen atoms in total. The van der Waals surface area contributed by atoms with Crippen molar-refractivity contribution in [2.24, 2.45) is 5.92 Å². The Morgan fingerprint density at radius 2 is 1.72 bits per heavy atom. The van der Waals surface area contributed by atoms with Crippen LogP contribution < -0.4 is 4.90 Å². The number of hydrogen-bond acceptors (Lipinski definition) is 6. The summed E-state index contributed by atoms with van der Waals surface area (Å²) in [5.41, 5.74) is 0.538. The molecule has 0 aliphatic carbocycles. The van der Waals surface area contributed by atoms with Crippen molar-refractivity contribution in [3.63, 3.8) is 0 Å². The van der Waals surface area contributed by atoms with Gasteiger partial charge in [0.1, 0.15) is 6.54 Å². The Bertz CT molecular complexity index is 1090. The predicted molar refractivity (Wildman–Crippen MR) is 118 cm³/mol. The topological polar surface area (TPSA) is 108 Å². The van der Waals surface area contributed by atoms with E-state index in [1.807, 2.05) is 6.07 Å². The molecule has 0 atom stereocenters. The minimum absolute atomic E-state index is 0.145. The molecule has 1 heterocycles. The minimum Gasteiger partial charge on any atom is -0.455 e. The summed E-state index contributed by atoms with van der Waals surface area (Å²) in [7, 11) is -3.67. The van der Waals surface area contributed by atoms with Gasteiger partial charge in [-0.1, -0.05) is 29.8 Å². The van der Waals surface area contributed by atoms with E-state index in [0.29, 0.717) is 23.6 Å². The van der Waals surface area contributed by atoms with Gasteiger partial charge >= 0.3 is 5.97 Å². The second-order valence-electron chi connectivity index (χ2n) is 7.21. The van der Waals surface area contributed by atoms with Gasteiger partial charge in [-0.15, -0.1) is 0 Å². The van der Waals surface area contributed by atoms with E-state index >= 15 is 0 Å². The van der Waals surface area contributed by atoms with Crippen LogP contribution in [0.25, 0.3) is 0 Å². The number of carbonyl (C=O) groups is 2. The van der Waals surface area contributed by atoms with E-state index in [1.165, 1.54) is 33.5 Å². The molecule has 2 aromatic carbocycles. The Morgan fingerprint density at radius 3 is 2.31 bits per heavy atom. The number of rotatable bonds is 7. The summed E-state index contributed by atoms with van der Waals surface area (Å²) < 4.78 is 32.0. The molecule has 1 amide bonds. The second-order valence-corrected chi connectivity index (χ2v) is 9.59. The average Bonchev–Trinajstić information content (AvgIpc) is 2.81. The molecule has 1 fully saturated rings. The highest BCUT2D eigenvalue weighted by atomic mass is 35.5. The van der Waals surface area contributed by atoms with Gasteiger partial charge in [0, 0.05) is 23.8 Å². The van der Waals surface area contributed by atoms with E-state index in [4.69, 9.17) is 21.6 Å². The van der Waals surface area contributed by atoms with Crippen LogP contribution in [0.2, 0.25) is 5.02 Å². The van der Waals surface area contributed by atoms with Crippen LogP contribution >= 0.6 is 11.6 Å². The van der Waals surface area contributed by atoms with Crippen molar-refractivity contribution in [3.05, 3.63) is 59.6 Å². The molecule has 0 saturated carbocycles. The second kappa shape index (κ2) is 10.6. The Hall–Kier alpha value is -2.93. The van der Waals surface area contributed by atoms with Crippen molar-refractivity contribution < 1.29 is 22.7 Å². The normalized spacial score (nSPS) is 15.0. The van der Waals surface area contributed by atoms with Crippen molar-refractivity contribution in [2.75, 3.05) is 31.1 Å². The lowest BCUT2D eigenvalue weighted by Crippen LogP contribution is -2.41. The van der Waals surface area contributed by atoms with Gasteiger partial charge in [-0.05, 0) is 49.2 Å². The molecule has 3 rings (SSSR count). The van der Waals surface area contributed by atoms with Crippen LogP contribution in [0, 0.1) is 17.2 Å². The van der Waals surface area contributed by atoms with Crippen LogP contribution in [0.4, 0.5) is 5.69 Å². The smallest absolute Gasteiger partial charge is 0.309 e. The number of hydrogen-bond donors (Lipinski definition) is 0. The maximum Gasteiger partial charge on any atom is 0.309 e. The predicted octanol–water partition coefficient (Wildman–Crippen LogP) is 2.84. The molecular formula is C22H22ClN3O5S. The fraction of sp³-hybridized carbons (Fsp3) is 0.318. The summed E-state index contributed by atoms with van der Waals surface area (Å²) >= 11 is 5.82. The summed E-state index contributed by atoms with van der Waals surface area (Å²) in [4.78, 5) is 26.3. The average molecular weight is 476 g/mol. The first-order valence-corrected chi connectivity index (χ1v) is 11.8. The number of piperidine rings is 1. The summed E-state index contributed by atoms with van der Waals surface area (Å²) in [6.07, 6.45) is 0.584. The highest BCUT2D eigenvalue weighted by molar-refractivity contribution is 7.89. The molecule has 2 aromatic rings. The van der Waals surface area contributed by atoms with Gasteiger partial charge in [-0.2, -0.15) is 9.57 Å². The first-order chi connectivity index (χ1) is 15.3. The zero-order chi connectivity index (χ0) is 23.1. The van der Waals surface area contributed by atoms with Gasteiger partial charge in [0.15, 0.2) is 6.61 Å². The van der Waals surface area contributed by atoms with Crippen LogP contribution in [-0.2, 0) is 24.3 Å². The molecule has 0 N–H and O–H groups in total. The summed E-state index contributed by atoms with van der Waals surface area (Å²) in [5, 5.41) is 9.45. The number of carbonyl (C=O) groups excluding carboxylic acids is 2. The number of nitriles is 1. The van der Waals surface area contributed by atoms with Crippen molar-refractivity contribution >= 4 is 39.2 Å². The molecule has 1 aliphatic heterocycles. The van der Waals surface area contributed by atoms with E-state index < -0.39 is 34.4 Å². The number of benzene rings is 2. The number of halogens is 1. The van der Waals surface area contributed by atoms with E-state index in [-0.39, 0.29) is 24.5 Å². The third-order valence-corrected chi connectivity index (χ3v) is 7.34. The molecule has 10 heteroatoms. The monoisotopic (exact) mass is 475 g/mol. The number of para-hydroxylation sites is 1. The zero-order valence-electron chi connectivity index (χ0n) is 17.2. The largest absolute Gasteiger partial charge is 0.455 e. The zero-order valence-corrected chi connectivity index (χ0v) is 18.8. The van der Waals surface area contributed by atoms with Crippen molar-refractivity contribution in [2.45, 2.75) is 17.7 Å². The first-order valence-electron chi connectivity index (χ1n) is 9.97. The quantitative estimate of drug-likeness (QED) is 0.450. The number of esters is 1. The van der Waals surface area contributed by atoms with Crippen LogP contribution in [0.5, 0.6) is 0 Å². The van der Waals surface area contributed by atoms with E-state index in [1.54, 1.807) is 30.3 Å². The Morgan fingerprint density at radius 1 is 1.09 bits per heavy atom. The number of ether oxygens (including phenoxy) is 1. The van der Waals surface area contributed by atoms with Crippen LogP contribution in [0.15, 0.2) is 59.5 Å². The fourth-order valence-electron chi connectivity index (χ4n) is 3.42. The molecule has 0 unspecified atom stereocenters. The van der Waals surface area contributed by atoms with E-state index in [9.17, 15) is 18.0 Å². The maximum atomic E-state index is 12.8. The Kier molecular flexibility index (Phi) is 7.85. The van der Waals surface area contributed by atoms with Gasteiger partial charge in [-0.3, -0.25) is 14.5 Å². The van der Waals surface area contributed by atoms with Crippen molar-refractivity contribution in [3.8, 4) is 6.07 Å². The molecule has 1 aliphatic rings. The molecule has 0 radical (unpaired) electrons. The standard InChI is InChI=1S/C22H22ClN3O5S/c23-18-6-8-20(9-7-18)32(29,30)25-13-10-17(11-14-25)22(28)31-16-21(27)26(15-12-24)19-4-2-1-3-5-19/h1-9,17H,10-11,13-16H2. The Labute approximate surface area is 192 Å². The number of amides is 1.